The van der Waals surface area contributed by atoms with Crippen molar-refractivity contribution in [2.24, 2.45) is 11.8 Å². The van der Waals surface area contributed by atoms with Crippen molar-refractivity contribution >= 4 is 23.9 Å². The Morgan fingerprint density at radius 2 is 1.75 bits per heavy atom. The predicted octanol–water partition coefficient (Wildman–Crippen LogP) is 2.19. The Morgan fingerprint density at radius 1 is 1.11 bits per heavy atom. The van der Waals surface area contributed by atoms with Crippen molar-refractivity contribution in [2.75, 3.05) is 13.2 Å². The molecule has 1 aliphatic rings. The molecule has 0 fully saturated rings. The fourth-order valence-corrected chi connectivity index (χ4v) is 2.46. The number of aliphatic carboxylic acids is 1. The fraction of sp³-hybridized carbons (Fsp3) is 0.500. The first kappa shape index (κ1) is 23.1. The number of carbonyl (C=O) groups is 4. The molecule has 154 valence electrons. The van der Waals surface area contributed by atoms with Gasteiger partial charge >= 0.3 is 23.9 Å². The summed E-state index contributed by atoms with van der Waals surface area (Å²) < 4.78 is 15.3. The molecular weight excluding hydrogens is 368 g/mol. The second-order valence-electron chi connectivity index (χ2n) is 6.62. The van der Waals surface area contributed by atoms with Gasteiger partial charge in [0.25, 0.3) is 0 Å². The summed E-state index contributed by atoms with van der Waals surface area (Å²) in [6, 6.07) is 0. The van der Waals surface area contributed by atoms with Crippen molar-refractivity contribution in [3.63, 3.8) is 0 Å². The van der Waals surface area contributed by atoms with E-state index in [0.717, 1.165) is 0 Å². The molecule has 0 heterocycles. The Morgan fingerprint density at radius 3 is 2.32 bits per heavy atom. The van der Waals surface area contributed by atoms with Gasteiger partial charge in [-0.1, -0.05) is 25.3 Å². The van der Waals surface area contributed by atoms with Crippen molar-refractivity contribution < 1.29 is 38.5 Å². The van der Waals surface area contributed by atoms with Crippen LogP contribution in [0.5, 0.6) is 0 Å². The first-order chi connectivity index (χ1) is 13.1. The number of hydrogen-bond donors (Lipinski definition) is 1. The van der Waals surface area contributed by atoms with Gasteiger partial charge in [0.15, 0.2) is 0 Å². The Balaban J connectivity index is 2.62. The largest absolute Gasteiger partial charge is 0.481 e. The maximum absolute atomic E-state index is 12.2. The Kier molecular flexibility index (Phi) is 9.14. The van der Waals surface area contributed by atoms with Crippen LogP contribution >= 0.6 is 0 Å². The van der Waals surface area contributed by atoms with E-state index in [1.807, 2.05) is 0 Å². The van der Waals surface area contributed by atoms with Crippen LogP contribution in [0.3, 0.4) is 0 Å². The molecule has 0 amide bonds. The second kappa shape index (κ2) is 11.1. The monoisotopic (exact) mass is 394 g/mol. The predicted molar refractivity (Wildman–Crippen MR) is 99.0 cm³/mol. The highest BCUT2D eigenvalue weighted by Crippen LogP contribution is 2.26. The number of ether oxygens (including phenoxy) is 3. The topological polar surface area (TPSA) is 116 Å². The molecule has 0 aromatic carbocycles. The molecule has 3 unspecified atom stereocenters. The van der Waals surface area contributed by atoms with Gasteiger partial charge in [-0.2, -0.15) is 0 Å². The average Bonchev–Trinajstić information content (AvgIpc) is 2.64. The Labute approximate surface area is 163 Å². The molecule has 3 atom stereocenters. The molecule has 1 aliphatic carbocycles. The molecule has 8 nitrogen and oxygen atoms in total. The zero-order valence-corrected chi connectivity index (χ0v) is 16.1. The molecular formula is C20H26O8. The van der Waals surface area contributed by atoms with Crippen LogP contribution in [-0.4, -0.2) is 48.3 Å². The van der Waals surface area contributed by atoms with Gasteiger partial charge in [0.05, 0.1) is 18.4 Å². The van der Waals surface area contributed by atoms with Crippen LogP contribution in [-0.2, 0) is 33.4 Å². The molecule has 28 heavy (non-hydrogen) atoms. The zero-order chi connectivity index (χ0) is 21.3. The van der Waals surface area contributed by atoms with E-state index < -0.39 is 41.8 Å². The molecule has 0 aliphatic heterocycles. The smallest absolute Gasteiger partial charge is 0.333 e. The molecule has 1 rings (SSSR count). The minimum Gasteiger partial charge on any atom is -0.481 e. The van der Waals surface area contributed by atoms with Crippen molar-refractivity contribution in [3.05, 3.63) is 36.5 Å². The molecule has 0 saturated carbocycles. The minimum atomic E-state index is -1.05. The number of allylic oxidation sites excluding steroid dienone is 1. The van der Waals surface area contributed by atoms with E-state index in [2.05, 4.69) is 13.2 Å². The number of rotatable bonds is 10. The normalized spacial score (nSPS) is 19.2. The highest BCUT2D eigenvalue weighted by atomic mass is 16.6. The van der Waals surface area contributed by atoms with Gasteiger partial charge < -0.3 is 19.3 Å². The van der Waals surface area contributed by atoms with E-state index in [4.69, 9.17) is 14.2 Å². The van der Waals surface area contributed by atoms with Crippen LogP contribution in [0, 0.1) is 11.8 Å². The molecule has 0 bridgehead atoms. The summed E-state index contributed by atoms with van der Waals surface area (Å²) in [5.74, 6) is -4.69. The lowest BCUT2D eigenvalue weighted by Gasteiger charge is -2.23. The van der Waals surface area contributed by atoms with Crippen molar-refractivity contribution in [2.45, 2.75) is 39.2 Å². The molecule has 0 radical (unpaired) electrons. The third kappa shape index (κ3) is 7.38. The van der Waals surface area contributed by atoms with Gasteiger partial charge in [0.2, 0.25) is 0 Å². The van der Waals surface area contributed by atoms with Gasteiger partial charge in [0.1, 0.15) is 12.7 Å². The van der Waals surface area contributed by atoms with E-state index in [1.165, 1.54) is 19.9 Å². The third-order valence-electron chi connectivity index (χ3n) is 4.07. The minimum absolute atomic E-state index is 0.0718. The van der Waals surface area contributed by atoms with Crippen LogP contribution in [0.4, 0.5) is 0 Å². The quantitative estimate of drug-likeness (QED) is 0.259. The van der Waals surface area contributed by atoms with E-state index in [-0.39, 0.29) is 30.8 Å². The molecule has 8 heteroatoms. The summed E-state index contributed by atoms with van der Waals surface area (Å²) in [7, 11) is 0. The lowest BCUT2D eigenvalue weighted by molar-refractivity contribution is -0.159. The van der Waals surface area contributed by atoms with Gasteiger partial charge in [-0.05, 0) is 26.7 Å². The summed E-state index contributed by atoms with van der Waals surface area (Å²) in [6.07, 6.45) is 3.47. The van der Waals surface area contributed by atoms with Crippen LogP contribution in [0.15, 0.2) is 36.5 Å². The lowest BCUT2D eigenvalue weighted by atomic mass is 9.84. The van der Waals surface area contributed by atoms with E-state index in [9.17, 15) is 24.3 Å². The van der Waals surface area contributed by atoms with Gasteiger partial charge in [-0.15, -0.1) is 0 Å². The maximum atomic E-state index is 12.2. The maximum Gasteiger partial charge on any atom is 0.333 e. The zero-order valence-electron chi connectivity index (χ0n) is 16.1. The number of carboxylic acid groups (broad SMARTS) is 1. The van der Waals surface area contributed by atoms with E-state index in [1.54, 1.807) is 6.08 Å². The summed E-state index contributed by atoms with van der Waals surface area (Å²) in [6.45, 7) is 9.53. The molecule has 0 aromatic heterocycles. The van der Waals surface area contributed by atoms with Crippen molar-refractivity contribution in [1.82, 2.24) is 0 Å². The van der Waals surface area contributed by atoms with Gasteiger partial charge in [-0.3, -0.25) is 9.59 Å². The SMILES string of the molecule is C=C(C)C(=O)OCC(CCOC(=O)C1C=CCCC1C(=O)O)OC(=O)C(=C)C. The molecule has 0 spiro atoms. The van der Waals surface area contributed by atoms with Gasteiger partial charge in [-0.25, -0.2) is 9.59 Å². The summed E-state index contributed by atoms with van der Waals surface area (Å²) >= 11 is 0. The number of esters is 3. The Hall–Kier alpha value is -2.90. The average molecular weight is 394 g/mol. The number of carboxylic acids is 1. The van der Waals surface area contributed by atoms with Crippen molar-refractivity contribution in [1.29, 1.82) is 0 Å². The summed E-state index contributed by atoms with van der Waals surface area (Å²) in [4.78, 5) is 46.8. The second-order valence-corrected chi connectivity index (χ2v) is 6.62. The standard InChI is InChI=1S/C20H26O8/c1-12(2)18(23)27-11-14(28-19(24)13(3)4)9-10-26-20(25)16-8-6-5-7-15(16)17(21)22/h6,8,14-16H,1,3,5,7,9-11H2,2,4H3,(H,21,22). The lowest BCUT2D eigenvalue weighted by Crippen LogP contribution is -2.33. The first-order valence-electron chi connectivity index (χ1n) is 8.88. The highest BCUT2D eigenvalue weighted by Gasteiger charge is 2.34. The summed E-state index contributed by atoms with van der Waals surface area (Å²) in [5.41, 5.74) is 0.366. The summed E-state index contributed by atoms with van der Waals surface area (Å²) in [5, 5.41) is 9.23. The van der Waals surface area contributed by atoms with Crippen LogP contribution < -0.4 is 0 Å². The number of hydrogen-bond acceptors (Lipinski definition) is 7. The third-order valence-corrected chi connectivity index (χ3v) is 4.07. The number of carbonyl (C=O) groups excluding carboxylic acids is 3. The fourth-order valence-electron chi connectivity index (χ4n) is 2.46. The molecule has 0 aromatic rings. The van der Waals surface area contributed by atoms with Crippen LogP contribution in [0.2, 0.25) is 0 Å². The van der Waals surface area contributed by atoms with Gasteiger partial charge in [0, 0.05) is 17.6 Å². The Bertz CT molecular complexity index is 676. The first-order valence-corrected chi connectivity index (χ1v) is 8.88. The van der Waals surface area contributed by atoms with Crippen molar-refractivity contribution in [3.8, 4) is 0 Å². The molecule has 1 N–H and O–H groups in total. The van der Waals surface area contributed by atoms with E-state index >= 15 is 0 Å². The molecule has 0 saturated heterocycles. The van der Waals surface area contributed by atoms with Crippen LogP contribution in [0.25, 0.3) is 0 Å². The van der Waals surface area contributed by atoms with E-state index in [0.29, 0.717) is 12.8 Å². The highest BCUT2D eigenvalue weighted by molar-refractivity contribution is 5.88. The van der Waals surface area contributed by atoms with Crippen LogP contribution in [0.1, 0.15) is 33.1 Å².